The number of methoxy groups -OCH3 is 2. The van der Waals surface area contributed by atoms with Crippen LogP contribution in [0.25, 0.3) is 0 Å². The zero-order valence-electron chi connectivity index (χ0n) is 21.7. The summed E-state index contributed by atoms with van der Waals surface area (Å²) in [5.41, 5.74) is 6.05. The Morgan fingerprint density at radius 1 is 0.944 bits per heavy atom. The second kappa shape index (κ2) is 15.4. The van der Waals surface area contributed by atoms with Crippen molar-refractivity contribution in [3.8, 4) is 0 Å². The van der Waals surface area contributed by atoms with Crippen LogP contribution in [0.3, 0.4) is 0 Å². The molecule has 0 bridgehead atoms. The summed E-state index contributed by atoms with van der Waals surface area (Å²) in [6.07, 6.45) is 8.26. The lowest BCUT2D eigenvalue weighted by molar-refractivity contribution is -0.146. The minimum Gasteiger partial charge on any atom is -0.465 e. The number of allylic oxidation sites excluding steroid dienone is 4. The van der Waals surface area contributed by atoms with E-state index in [2.05, 4.69) is 0 Å². The minimum absolute atomic E-state index is 0.126. The molecule has 9 heteroatoms. The molecule has 0 amide bonds. The molecule has 4 N–H and O–H groups in total. The van der Waals surface area contributed by atoms with Gasteiger partial charge < -0.3 is 30.2 Å². The van der Waals surface area contributed by atoms with E-state index in [-0.39, 0.29) is 47.9 Å². The first-order chi connectivity index (χ1) is 17.2. The van der Waals surface area contributed by atoms with Gasteiger partial charge in [-0.25, -0.2) is 0 Å². The number of rotatable bonds is 13. The number of nitrogens with two attached hydrogens (primary N) is 1. The number of aliphatic hydroxyl groups is 2. The molecule has 0 aromatic rings. The lowest BCUT2D eigenvalue weighted by Gasteiger charge is -2.38. The normalized spacial score (nSPS) is 32.0. The fourth-order valence-electron chi connectivity index (χ4n) is 5.08. The first kappa shape index (κ1) is 30.3. The monoisotopic (exact) mass is 509 g/mol. The number of carbonyl (C=O) groups excluding carboxylic acids is 3. The topological polar surface area (TPSA) is 145 Å². The average molecular weight is 510 g/mol. The number of esters is 1. The summed E-state index contributed by atoms with van der Waals surface area (Å²) >= 11 is 0. The molecule has 2 fully saturated rings. The number of aliphatic hydroxyl groups excluding tert-OH is 2. The van der Waals surface area contributed by atoms with Gasteiger partial charge in [0.25, 0.3) is 0 Å². The van der Waals surface area contributed by atoms with Gasteiger partial charge in [-0.1, -0.05) is 19.1 Å². The summed E-state index contributed by atoms with van der Waals surface area (Å²) in [7, 11) is 3.09. The van der Waals surface area contributed by atoms with Crippen LogP contribution in [0, 0.1) is 17.8 Å². The molecule has 0 saturated heterocycles. The standard InChI is InChI=1S/C27H43NO8/c1-4-11-36-27(33)22(28)13-19-14-24(32)26(35-3)15-18(19)7-9-21(30)16-20(29)8-5-17-6-10-23(31)25(12-17)34-2/h5,7-9,17-19,22-26,31-32H,4,6,10-16,28H2,1-3H3/b8-5+,9-7+. The Balaban J connectivity index is 1.94. The molecule has 8 unspecified atom stereocenters. The third-order valence-electron chi connectivity index (χ3n) is 7.23. The summed E-state index contributed by atoms with van der Waals surface area (Å²) in [6.45, 7) is 2.21. The van der Waals surface area contributed by atoms with Gasteiger partial charge in [0.15, 0.2) is 11.6 Å². The molecule has 0 aromatic heterocycles. The maximum Gasteiger partial charge on any atom is 0.322 e. The molecular formula is C27H43NO8. The number of hydrogen-bond donors (Lipinski definition) is 3. The molecule has 0 spiro atoms. The van der Waals surface area contributed by atoms with Crippen molar-refractivity contribution in [1.29, 1.82) is 0 Å². The van der Waals surface area contributed by atoms with Crippen LogP contribution in [-0.4, -0.2) is 79.0 Å². The fraction of sp³-hybridized carbons (Fsp3) is 0.741. The Bertz CT molecular complexity index is 782. The SMILES string of the molecule is CCCOC(=O)C(N)CC1CC(O)C(OC)CC1/C=C/C(=O)CC(=O)/C=C/C1CCC(O)C(OC)C1. The molecule has 0 radical (unpaired) electrons. The van der Waals surface area contributed by atoms with Crippen LogP contribution >= 0.6 is 0 Å². The maximum atomic E-state index is 12.5. The molecule has 36 heavy (non-hydrogen) atoms. The van der Waals surface area contributed by atoms with E-state index in [1.807, 2.05) is 6.92 Å². The second-order valence-corrected chi connectivity index (χ2v) is 9.99. The third kappa shape index (κ3) is 9.52. The van der Waals surface area contributed by atoms with Crippen molar-refractivity contribution in [2.75, 3.05) is 20.8 Å². The van der Waals surface area contributed by atoms with Crippen molar-refractivity contribution in [2.45, 2.75) is 88.7 Å². The molecule has 8 atom stereocenters. The van der Waals surface area contributed by atoms with Crippen molar-refractivity contribution in [3.05, 3.63) is 24.3 Å². The quantitative estimate of drug-likeness (QED) is 0.192. The predicted molar refractivity (Wildman–Crippen MR) is 134 cm³/mol. The molecule has 9 nitrogen and oxygen atoms in total. The number of ketones is 2. The summed E-state index contributed by atoms with van der Waals surface area (Å²) in [6, 6.07) is -0.815. The molecule has 0 aliphatic heterocycles. The van der Waals surface area contributed by atoms with Gasteiger partial charge in [-0.3, -0.25) is 14.4 Å². The van der Waals surface area contributed by atoms with Crippen LogP contribution < -0.4 is 5.73 Å². The van der Waals surface area contributed by atoms with Gasteiger partial charge in [0, 0.05) is 14.2 Å². The predicted octanol–water partition coefficient (Wildman–Crippen LogP) is 1.88. The van der Waals surface area contributed by atoms with Crippen LogP contribution in [-0.2, 0) is 28.6 Å². The second-order valence-electron chi connectivity index (χ2n) is 9.99. The molecule has 0 heterocycles. The summed E-state index contributed by atoms with van der Waals surface area (Å²) in [4.78, 5) is 36.9. The van der Waals surface area contributed by atoms with Crippen LogP contribution in [0.15, 0.2) is 24.3 Å². The molecule has 2 rings (SSSR count). The van der Waals surface area contributed by atoms with Gasteiger partial charge in [0.2, 0.25) is 0 Å². The first-order valence-corrected chi connectivity index (χ1v) is 12.9. The zero-order chi connectivity index (χ0) is 26.7. The largest absolute Gasteiger partial charge is 0.465 e. The lowest BCUT2D eigenvalue weighted by Crippen LogP contribution is -2.43. The van der Waals surface area contributed by atoms with E-state index in [1.165, 1.54) is 19.3 Å². The molecular weight excluding hydrogens is 466 g/mol. The maximum absolute atomic E-state index is 12.5. The van der Waals surface area contributed by atoms with E-state index in [4.69, 9.17) is 19.9 Å². The fourth-order valence-corrected chi connectivity index (χ4v) is 5.08. The highest BCUT2D eigenvalue weighted by Gasteiger charge is 2.37. The average Bonchev–Trinajstić information content (AvgIpc) is 2.86. The Kier molecular flexibility index (Phi) is 12.9. The smallest absolute Gasteiger partial charge is 0.322 e. The summed E-state index contributed by atoms with van der Waals surface area (Å²) in [5, 5.41) is 20.3. The highest BCUT2D eigenvalue weighted by atomic mass is 16.5. The number of hydrogen-bond acceptors (Lipinski definition) is 9. The first-order valence-electron chi connectivity index (χ1n) is 12.9. The Hall–Kier alpha value is -1.91. The van der Waals surface area contributed by atoms with Gasteiger partial charge >= 0.3 is 5.97 Å². The van der Waals surface area contributed by atoms with Crippen molar-refractivity contribution in [3.63, 3.8) is 0 Å². The Morgan fingerprint density at radius 2 is 1.58 bits per heavy atom. The van der Waals surface area contributed by atoms with Crippen molar-refractivity contribution in [2.24, 2.45) is 23.5 Å². The zero-order valence-corrected chi connectivity index (χ0v) is 21.7. The number of carbonyl (C=O) groups is 3. The number of ether oxygens (including phenoxy) is 3. The van der Waals surface area contributed by atoms with Crippen LogP contribution in [0.4, 0.5) is 0 Å². The van der Waals surface area contributed by atoms with Gasteiger partial charge in [-0.15, -0.1) is 0 Å². The molecule has 0 aromatic carbocycles. The van der Waals surface area contributed by atoms with E-state index in [1.54, 1.807) is 19.3 Å². The van der Waals surface area contributed by atoms with Crippen molar-refractivity contribution >= 4 is 17.5 Å². The van der Waals surface area contributed by atoms with Gasteiger partial charge in [-0.05, 0) is 74.9 Å². The molecule has 2 aliphatic carbocycles. The van der Waals surface area contributed by atoms with Gasteiger partial charge in [0.05, 0.1) is 37.4 Å². The van der Waals surface area contributed by atoms with E-state index >= 15 is 0 Å². The lowest BCUT2D eigenvalue weighted by atomic mass is 9.73. The van der Waals surface area contributed by atoms with E-state index in [9.17, 15) is 24.6 Å². The summed E-state index contributed by atoms with van der Waals surface area (Å²) in [5.74, 6) is -1.22. The van der Waals surface area contributed by atoms with Gasteiger partial charge in [-0.2, -0.15) is 0 Å². The highest BCUT2D eigenvalue weighted by Crippen LogP contribution is 2.36. The minimum atomic E-state index is -0.815. The Morgan fingerprint density at radius 3 is 2.22 bits per heavy atom. The molecule has 2 aliphatic rings. The molecule has 2 saturated carbocycles. The highest BCUT2D eigenvalue weighted by molar-refractivity contribution is 6.08. The van der Waals surface area contributed by atoms with E-state index in [0.717, 1.165) is 6.42 Å². The van der Waals surface area contributed by atoms with E-state index in [0.29, 0.717) is 45.1 Å². The van der Waals surface area contributed by atoms with Crippen molar-refractivity contribution in [1.82, 2.24) is 0 Å². The summed E-state index contributed by atoms with van der Waals surface area (Å²) < 4.78 is 15.8. The molecule has 204 valence electrons. The van der Waals surface area contributed by atoms with Crippen molar-refractivity contribution < 1.29 is 38.8 Å². The van der Waals surface area contributed by atoms with Gasteiger partial charge in [0.1, 0.15) is 6.04 Å². The van der Waals surface area contributed by atoms with Crippen LogP contribution in [0.2, 0.25) is 0 Å². The van der Waals surface area contributed by atoms with Crippen LogP contribution in [0.5, 0.6) is 0 Å². The van der Waals surface area contributed by atoms with E-state index < -0.39 is 24.2 Å². The van der Waals surface area contributed by atoms with Crippen LogP contribution in [0.1, 0.15) is 58.3 Å². The Labute approximate surface area is 214 Å². The third-order valence-corrected chi connectivity index (χ3v) is 7.23.